The van der Waals surface area contributed by atoms with Crippen molar-refractivity contribution in [2.24, 2.45) is 10.2 Å². The van der Waals surface area contributed by atoms with E-state index in [1.165, 1.54) is 11.8 Å². The number of aryl methyl sites for hydroxylation is 2. The third kappa shape index (κ3) is 4.09. The van der Waals surface area contributed by atoms with Gasteiger partial charge in [-0.1, -0.05) is 52.3 Å². The average Bonchev–Trinajstić information content (AvgIpc) is 3.01. The van der Waals surface area contributed by atoms with Crippen molar-refractivity contribution in [1.29, 1.82) is 0 Å². The highest BCUT2D eigenvalue weighted by Gasteiger charge is 2.17. The molecule has 2 aromatic heterocycles. The van der Waals surface area contributed by atoms with Crippen LogP contribution in [0, 0.1) is 0 Å². The normalized spacial score (nSPS) is 11.3. The summed E-state index contributed by atoms with van der Waals surface area (Å²) in [5.74, 6) is -0.586. The second-order valence-corrected chi connectivity index (χ2v) is 7.36. The molecule has 4 aromatic rings. The number of carbonyl (C=O) groups is 1. The molecule has 4 rings (SSSR count). The highest BCUT2D eigenvalue weighted by Crippen LogP contribution is 2.40. The molecule has 144 valence electrons. The van der Waals surface area contributed by atoms with Crippen LogP contribution in [0.1, 0.15) is 16.1 Å². The molecular formula is C22H17BrN4O2. The van der Waals surface area contributed by atoms with E-state index in [9.17, 15) is 9.90 Å². The fraction of sp³-hybridized carbons (Fsp3) is 0.0909. The van der Waals surface area contributed by atoms with Gasteiger partial charge in [0, 0.05) is 22.6 Å². The summed E-state index contributed by atoms with van der Waals surface area (Å²) in [4.78, 5) is 16.2. The maximum absolute atomic E-state index is 12.2. The lowest BCUT2D eigenvalue weighted by molar-refractivity contribution is 0.0990. The molecule has 2 aromatic carbocycles. The van der Waals surface area contributed by atoms with Crippen molar-refractivity contribution in [3.63, 3.8) is 0 Å². The lowest BCUT2D eigenvalue weighted by atomic mass is 10.1. The predicted molar refractivity (Wildman–Crippen MR) is 115 cm³/mol. The van der Waals surface area contributed by atoms with Gasteiger partial charge in [-0.15, -0.1) is 10.2 Å². The first-order valence-corrected chi connectivity index (χ1v) is 9.84. The number of rotatable bonds is 5. The van der Waals surface area contributed by atoms with Gasteiger partial charge in [0.05, 0.1) is 5.52 Å². The summed E-state index contributed by atoms with van der Waals surface area (Å²) < 4.78 is 2.63. The van der Waals surface area contributed by atoms with Crippen molar-refractivity contribution in [2.75, 3.05) is 0 Å². The molecule has 0 saturated carbocycles. The number of azo groups is 1. The maximum Gasteiger partial charge on any atom is 0.313 e. The molecule has 0 atom stereocenters. The van der Waals surface area contributed by atoms with E-state index in [1.807, 2.05) is 48.5 Å². The quantitative estimate of drug-likeness (QED) is 0.399. The fourth-order valence-corrected chi connectivity index (χ4v) is 3.50. The smallest absolute Gasteiger partial charge is 0.313 e. The second-order valence-electron chi connectivity index (χ2n) is 6.44. The van der Waals surface area contributed by atoms with E-state index in [2.05, 4.69) is 31.1 Å². The first-order valence-electron chi connectivity index (χ1n) is 9.05. The monoisotopic (exact) mass is 448 g/mol. The van der Waals surface area contributed by atoms with Crippen molar-refractivity contribution in [3.05, 3.63) is 88.7 Å². The Labute approximate surface area is 175 Å². The number of benzene rings is 2. The molecule has 0 unspecified atom stereocenters. The molecule has 0 saturated heterocycles. The van der Waals surface area contributed by atoms with Crippen LogP contribution in [0.5, 0.6) is 5.88 Å². The van der Waals surface area contributed by atoms with Crippen molar-refractivity contribution in [1.82, 2.24) is 9.55 Å². The highest BCUT2D eigenvalue weighted by molar-refractivity contribution is 9.10. The Kier molecular flexibility index (Phi) is 5.48. The predicted octanol–water partition coefficient (Wildman–Crippen LogP) is 5.67. The minimum atomic E-state index is -0.565. The standard InChI is InChI=1S/C22H17BrN4O2/c23-16-9-10-19-17(14-16)20(25-26-21(28)18-8-4-5-12-24-18)22(29)27(19)13-11-15-6-2-1-3-7-15/h1-10,12,14,29H,11,13H2. The van der Waals surface area contributed by atoms with Crippen LogP contribution in [0.2, 0.25) is 0 Å². The van der Waals surface area contributed by atoms with Gasteiger partial charge in [0.25, 0.3) is 0 Å². The van der Waals surface area contributed by atoms with Crippen LogP contribution < -0.4 is 0 Å². The van der Waals surface area contributed by atoms with Crippen LogP contribution in [0.25, 0.3) is 10.9 Å². The van der Waals surface area contributed by atoms with Crippen LogP contribution in [-0.4, -0.2) is 20.6 Å². The van der Waals surface area contributed by atoms with E-state index >= 15 is 0 Å². The van der Waals surface area contributed by atoms with Crippen LogP contribution in [0.3, 0.4) is 0 Å². The molecule has 7 heteroatoms. The lowest BCUT2D eigenvalue weighted by Crippen LogP contribution is -2.00. The van der Waals surface area contributed by atoms with Gasteiger partial charge in [0.2, 0.25) is 5.88 Å². The molecule has 0 radical (unpaired) electrons. The molecule has 0 aliphatic rings. The minimum Gasteiger partial charge on any atom is -0.493 e. The number of carbonyl (C=O) groups excluding carboxylic acids is 1. The molecular weight excluding hydrogens is 432 g/mol. The number of hydrogen-bond donors (Lipinski definition) is 1. The largest absolute Gasteiger partial charge is 0.493 e. The van der Waals surface area contributed by atoms with Gasteiger partial charge in [0.15, 0.2) is 5.69 Å². The highest BCUT2D eigenvalue weighted by atomic mass is 79.9. The lowest BCUT2D eigenvalue weighted by Gasteiger charge is -2.07. The number of amides is 1. The van der Waals surface area contributed by atoms with Gasteiger partial charge in [-0.25, -0.2) is 0 Å². The van der Waals surface area contributed by atoms with E-state index in [0.29, 0.717) is 11.9 Å². The molecule has 2 heterocycles. The SMILES string of the molecule is O=C(N=Nc1c(O)n(CCc2ccccc2)c2ccc(Br)cc12)c1ccccn1. The Hall–Kier alpha value is -3.32. The molecule has 0 bridgehead atoms. The molecule has 29 heavy (non-hydrogen) atoms. The summed E-state index contributed by atoms with van der Waals surface area (Å²) in [7, 11) is 0. The van der Waals surface area contributed by atoms with E-state index in [4.69, 9.17) is 0 Å². The Bertz CT molecular complexity index is 1190. The average molecular weight is 449 g/mol. The van der Waals surface area contributed by atoms with E-state index in [0.717, 1.165) is 16.4 Å². The zero-order valence-corrected chi connectivity index (χ0v) is 17.0. The Morgan fingerprint density at radius 3 is 2.62 bits per heavy atom. The Morgan fingerprint density at radius 1 is 1.07 bits per heavy atom. The molecule has 1 N–H and O–H groups in total. The van der Waals surface area contributed by atoms with Gasteiger partial charge in [-0.2, -0.15) is 0 Å². The summed E-state index contributed by atoms with van der Waals surface area (Å²) in [6, 6.07) is 20.7. The van der Waals surface area contributed by atoms with Gasteiger partial charge < -0.3 is 9.67 Å². The van der Waals surface area contributed by atoms with E-state index in [1.54, 1.807) is 22.8 Å². The number of fused-ring (bicyclic) bond motifs is 1. The second kappa shape index (κ2) is 8.36. The van der Waals surface area contributed by atoms with Crippen molar-refractivity contribution in [2.45, 2.75) is 13.0 Å². The summed E-state index contributed by atoms with van der Waals surface area (Å²) in [6.07, 6.45) is 2.27. The van der Waals surface area contributed by atoms with Crippen molar-refractivity contribution >= 4 is 38.4 Å². The molecule has 0 fully saturated rings. The topological polar surface area (TPSA) is 79.8 Å². The van der Waals surface area contributed by atoms with Crippen LogP contribution >= 0.6 is 15.9 Å². The fourth-order valence-electron chi connectivity index (χ4n) is 3.14. The minimum absolute atomic E-state index is 0.0217. The van der Waals surface area contributed by atoms with Gasteiger partial charge in [0.1, 0.15) is 5.69 Å². The third-order valence-electron chi connectivity index (χ3n) is 4.56. The molecule has 0 aliphatic carbocycles. The number of nitrogens with zero attached hydrogens (tertiary/aromatic N) is 4. The van der Waals surface area contributed by atoms with Crippen LogP contribution in [-0.2, 0) is 13.0 Å². The van der Waals surface area contributed by atoms with Gasteiger partial charge in [-0.3, -0.25) is 9.78 Å². The van der Waals surface area contributed by atoms with E-state index < -0.39 is 5.91 Å². The number of aromatic nitrogens is 2. The molecule has 0 spiro atoms. The zero-order valence-electron chi connectivity index (χ0n) is 15.4. The number of aromatic hydroxyl groups is 1. The summed E-state index contributed by atoms with van der Waals surface area (Å²) in [5, 5.41) is 19.4. The maximum atomic E-state index is 12.2. The molecule has 0 aliphatic heterocycles. The summed E-state index contributed by atoms with van der Waals surface area (Å²) in [6.45, 7) is 0.567. The zero-order chi connectivity index (χ0) is 20.2. The third-order valence-corrected chi connectivity index (χ3v) is 5.06. The Balaban J connectivity index is 1.70. The summed E-state index contributed by atoms with van der Waals surface area (Å²) in [5.41, 5.74) is 2.45. The summed E-state index contributed by atoms with van der Waals surface area (Å²) >= 11 is 3.45. The molecule has 6 nitrogen and oxygen atoms in total. The van der Waals surface area contributed by atoms with Crippen molar-refractivity contribution < 1.29 is 9.90 Å². The number of halogens is 1. The van der Waals surface area contributed by atoms with E-state index in [-0.39, 0.29) is 17.3 Å². The van der Waals surface area contributed by atoms with Crippen LogP contribution in [0.4, 0.5) is 5.69 Å². The van der Waals surface area contributed by atoms with Gasteiger partial charge in [-0.05, 0) is 42.3 Å². The number of pyridine rings is 1. The Morgan fingerprint density at radius 2 is 1.86 bits per heavy atom. The van der Waals surface area contributed by atoms with Crippen LogP contribution in [0.15, 0.2) is 87.6 Å². The molecule has 1 amide bonds. The first kappa shape index (κ1) is 19.0. The van der Waals surface area contributed by atoms with Crippen molar-refractivity contribution in [3.8, 4) is 5.88 Å². The number of hydrogen-bond acceptors (Lipinski definition) is 4. The first-order chi connectivity index (χ1) is 14.1. The van der Waals surface area contributed by atoms with Gasteiger partial charge >= 0.3 is 5.91 Å².